The molecule has 0 radical (unpaired) electrons. The zero-order valence-corrected chi connectivity index (χ0v) is 9.85. The van der Waals surface area contributed by atoms with Crippen molar-refractivity contribution >= 4 is 0 Å². The van der Waals surface area contributed by atoms with E-state index in [-0.39, 0.29) is 0 Å². The number of aryl methyl sites for hydroxylation is 1. The van der Waals surface area contributed by atoms with E-state index in [1.54, 1.807) is 0 Å². The van der Waals surface area contributed by atoms with E-state index in [4.69, 9.17) is 4.74 Å². The van der Waals surface area contributed by atoms with E-state index in [0.29, 0.717) is 0 Å². The molecular formula is C11H20N4O. The average molecular weight is 224 g/mol. The van der Waals surface area contributed by atoms with Crippen molar-refractivity contribution in [2.24, 2.45) is 0 Å². The van der Waals surface area contributed by atoms with E-state index < -0.39 is 0 Å². The van der Waals surface area contributed by atoms with Crippen molar-refractivity contribution in [3.8, 4) is 0 Å². The molecule has 1 aromatic rings. The molecule has 1 N–H and O–H groups in total. The first-order valence-corrected chi connectivity index (χ1v) is 5.97. The maximum Gasteiger partial charge on any atom is 0.0608 e. The van der Waals surface area contributed by atoms with Crippen LogP contribution in [0, 0.1) is 0 Å². The predicted molar refractivity (Wildman–Crippen MR) is 61.7 cm³/mol. The summed E-state index contributed by atoms with van der Waals surface area (Å²) in [6.07, 6.45) is 2.98. The van der Waals surface area contributed by atoms with Gasteiger partial charge in [0.15, 0.2) is 0 Å². The van der Waals surface area contributed by atoms with E-state index in [0.717, 1.165) is 45.8 Å². The van der Waals surface area contributed by atoms with Crippen molar-refractivity contribution in [2.45, 2.75) is 26.4 Å². The Morgan fingerprint density at radius 1 is 1.44 bits per heavy atom. The summed E-state index contributed by atoms with van der Waals surface area (Å²) >= 11 is 0. The zero-order valence-electron chi connectivity index (χ0n) is 9.85. The van der Waals surface area contributed by atoms with Gasteiger partial charge in [-0.3, -0.25) is 4.68 Å². The Morgan fingerprint density at radius 3 is 3.00 bits per heavy atom. The molecule has 0 spiro atoms. The molecule has 0 atom stereocenters. The minimum atomic E-state index is 0.821. The van der Waals surface area contributed by atoms with E-state index in [1.807, 2.05) is 6.20 Å². The summed E-state index contributed by atoms with van der Waals surface area (Å²) in [6.45, 7) is 7.57. The van der Waals surface area contributed by atoms with Gasteiger partial charge in [0, 0.05) is 25.8 Å². The van der Waals surface area contributed by atoms with Crippen LogP contribution in [0.25, 0.3) is 0 Å². The van der Waals surface area contributed by atoms with E-state index >= 15 is 0 Å². The fourth-order valence-corrected chi connectivity index (χ4v) is 1.84. The van der Waals surface area contributed by atoms with Crippen LogP contribution < -0.4 is 5.43 Å². The average Bonchev–Trinajstić information content (AvgIpc) is 2.76. The molecular weight excluding hydrogens is 204 g/mol. The fraction of sp³-hybridized carbons (Fsp3) is 0.727. The van der Waals surface area contributed by atoms with Gasteiger partial charge in [-0.1, -0.05) is 6.92 Å². The van der Waals surface area contributed by atoms with Gasteiger partial charge in [0.1, 0.15) is 0 Å². The molecule has 2 heterocycles. The first kappa shape index (κ1) is 11.6. The van der Waals surface area contributed by atoms with Crippen LogP contribution in [-0.2, 0) is 17.8 Å². The van der Waals surface area contributed by atoms with Gasteiger partial charge >= 0.3 is 0 Å². The van der Waals surface area contributed by atoms with Crippen molar-refractivity contribution < 1.29 is 4.74 Å². The highest BCUT2D eigenvalue weighted by Gasteiger charge is 2.10. The van der Waals surface area contributed by atoms with Crippen LogP contribution in [0.3, 0.4) is 0 Å². The predicted octanol–water partition coefficient (Wildman–Crippen LogP) is 0.630. The van der Waals surface area contributed by atoms with Crippen LogP contribution in [0.1, 0.15) is 19.0 Å². The summed E-state index contributed by atoms with van der Waals surface area (Å²) in [5.41, 5.74) is 4.66. The minimum Gasteiger partial charge on any atom is -0.379 e. The standard InChI is InChI=1S/C11H20N4O/c1-2-5-15-11(3-4-12-15)10-13-14-6-8-16-9-7-14/h3-4,13H,2,5-10H2,1H3. The molecule has 5 heteroatoms. The van der Waals surface area contributed by atoms with Crippen molar-refractivity contribution in [3.63, 3.8) is 0 Å². The number of hydrazine groups is 1. The minimum absolute atomic E-state index is 0.821. The summed E-state index contributed by atoms with van der Waals surface area (Å²) in [6, 6.07) is 2.07. The fourth-order valence-electron chi connectivity index (χ4n) is 1.84. The van der Waals surface area contributed by atoms with Gasteiger partial charge in [0.2, 0.25) is 0 Å². The molecule has 5 nitrogen and oxygen atoms in total. The van der Waals surface area contributed by atoms with Crippen LogP contribution >= 0.6 is 0 Å². The molecule has 1 fully saturated rings. The molecule has 1 aliphatic heterocycles. The Kier molecular flexibility index (Phi) is 4.33. The molecule has 1 aliphatic rings. The lowest BCUT2D eigenvalue weighted by atomic mass is 10.4. The Balaban J connectivity index is 1.81. The maximum absolute atomic E-state index is 5.30. The smallest absolute Gasteiger partial charge is 0.0608 e. The number of nitrogens with one attached hydrogen (secondary N) is 1. The van der Waals surface area contributed by atoms with E-state index in [9.17, 15) is 0 Å². The van der Waals surface area contributed by atoms with Gasteiger partial charge < -0.3 is 4.74 Å². The molecule has 0 aromatic carbocycles. The number of ether oxygens (including phenoxy) is 1. The molecule has 1 saturated heterocycles. The monoisotopic (exact) mass is 224 g/mol. The second-order valence-electron chi connectivity index (χ2n) is 3.98. The molecule has 1 aromatic heterocycles. The molecule has 0 aliphatic carbocycles. The largest absolute Gasteiger partial charge is 0.379 e. The molecule has 2 rings (SSSR count). The quantitative estimate of drug-likeness (QED) is 0.796. The topological polar surface area (TPSA) is 42.3 Å². The highest BCUT2D eigenvalue weighted by molar-refractivity contribution is 4.99. The molecule has 0 amide bonds. The van der Waals surface area contributed by atoms with Gasteiger partial charge in [0.25, 0.3) is 0 Å². The lowest BCUT2D eigenvalue weighted by Gasteiger charge is -2.27. The van der Waals surface area contributed by atoms with Crippen molar-refractivity contribution in [2.75, 3.05) is 26.3 Å². The highest BCUT2D eigenvalue weighted by Crippen LogP contribution is 2.01. The van der Waals surface area contributed by atoms with Gasteiger partial charge in [-0.05, 0) is 12.5 Å². The summed E-state index contributed by atoms with van der Waals surface area (Å²) < 4.78 is 7.36. The highest BCUT2D eigenvalue weighted by atomic mass is 16.5. The zero-order chi connectivity index (χ0) is 11.2. The first-order chi connectivity index (χ1) is 7.90. The van der Waals surface area contributed by atoms with Gasteiger partial charge in [-0.15, -0.1) is 0 Å². The van der Waals surface area contributed by atoms with Crippen molar-refractivity contribution in [1.82, 2.24) is 20.2 Å². The first-order valence-electron chi connectivity index (χ1n) is 5.97. The maximum atomic E-state index is 5.30. The Morgan fingerprint density at radius 2 is 2.25 bits per heavy atom. The normalized spacial score (nSPS) is 17.8. The van der Waals surface area contributed by atoms with Crippen LogP contribution in [-0.4, -0.2) is 41.1 Å². The third-order valence-electron chi connectivity index (χ3n) is 2.73. The third-order valence-corrected chi connectivity index (χ3v) is 2.73. The summed E-state index contributed by atoms with van der Waals surface area (Å²) in [4.78, 5) is 0. The van der Waals surface area contributed by atoms with Gasteiger partial charge in [0.05, 0.1) is 25.5 Å². The summed E-state index contributed by atoms with van der Waals surface area (Å²) in [7, 11) is 0. The molecule has 90 valence electrons. The van der Waals surface area contributed by atoms with Crippen LogP contribution in [0.15, 0.2) is 12.3 Å². The van der Waals surface area contributed by atoms with Crippen molar-refractivity contribution in [1.29, 1.82) is 0 Å². The molecule has 16 heavy (non-hydrogen) atoms. The van der Waals surface area contributed by atoms with E-state index in [1.165, 1.54) is 5.69 Å². The number of rotatable bonds is 5. The SMILES string of the molecule is CCCn1nccc1CNN1CCOCC1. The van der Waals surface area contributed by atoms with Gasteiger partial charge in [-0.2, -0.15) is 5.10 Å². The number of nitrogens with zero attached hydrogens (tertiary/aromatic N) is 3. The number of hydrogen-bond acceptors (Lipinski definition) is 4. The lowest BCUT2D eigenvalue weighted by molar-refractivity contribution is 0.0101. The number of aromatic nitrogens is 2. The van der Waals surface area contributed by atoms with Crippen LogP contribution in [0.5, 0.6) is 0 Å². The molecule has 0 saturated carbocycles. The second-order valence-corrected chi connectivity index (χ2v) is 3.98. The van der Waals surface area contributed by atoms with Gasteiger partial charge in [-0.25, -0.2) is 10.4 Å². The van der Waals surface area contributed by atoms with Crippen LogP contribution in [0.2, 0.25) is 0 Å². The Hall–Kier alpha value is -0.910. The second kappa shape index (κ2) is 5.98. The number of morpholine rings is 1. The summed E-state index contributed by atoms with van der Waals surface area (Å²) in [5.74, 6) is 0. The molecule has 0 bridgehead atoms. The van der Waals surface area contributed by atoms with Crippen molar-refractivity contribution in [3.05, 3.63) is 18.0 Å². The Bertz CT molecular complexity index is 307. The summed E-state index contributed by atoms with van der Waals surface area (Å²) in [5, 5.41) is 6.52. The Labute approximate surface area is 96.3 Å². The number of hydrogen-bond donors (Lipinski definition) is 1. The third kappa shape index (κ3) is 3.04. The van der Waals surface area contributed by atoms with E-state index in [2.05, 4.69) is 33.2 Å². The lowest BCUT2D eigenvalue weighted by Crippen LogP contribution is -2.45. The van der Waals surface area contributed by atoms with Crippen LogP contribution in [0.4, 0.5) is 0 Å². The molecule has 0 unspecified atom stereocenters.